The van der Waals surface area contributed by atoms with Crippen LogP contribution in [0.1, 0.15) is 12.0 Å². The van der Waals surface area contributed by atoms with Crippen LogP contribution in [0, 0.1) is 22.0 Å². The van der Waals surface area contributed by atoms with Gasteiger partial charge in [0.1, 0.15) is 11.8 Å². The molecule has 0 spiro atoms. The summed E-state index contributed by atoms with van der Waals surface area (Å²) >= 11 is 0. The standard InChI is InChI=1S/C10H11N3O2/c1-11-7-3-2-5-9-6-4-8-12-10(9)13(14)15/h4,6,8,11H,3,7H2,1H3. The fourth-order valence-corrected chi connectivity index (χ4v) is 0.985. The lowest BCUT2D eigenvalue weighted by molar-refractivity contribution is -0.389. The molecule has 0 aliphatic carbocycles. The Morgan fingerprint density at radius 1 is 1.67 bits per heavy atom. The zero-order valence-corrected chi connectivity index (χ0v) is 8.36. The molecule has 0 saturated heterocycles. The second kappa shape index (κ2) is 5.73. The van der Waals surface area contributed by atoms with Crippen LogP contribution >= 0.6 is 0 Å². The number of aromatic nitrogens is 1. The van der Waals surface area contributed by atoms with Gasteiger partial charge in [-0.15, -0.1) is 0 Å². The molecule has 1 aromatic heterocycles. The average molecular weight is 205 g/mol. The summed E-state index contributed by atoms with van der Waals surface area (Å²) in [6, 6.07) is 3.23. The Kier molecular flexibility index (Phi) is 4.26. The molecule has 1 N–H and O–H groups in total. The Balaban J connectivity index is 2.83. The molecule has 5 heteroatoms. The predicted molar refractivity (Wildman–Crippen MR) is 56.3 cm³/mol. The first-order valence-corrected chi connectivity index (χ1v) is 4.48. The van der Waals surface area contributed by atoms with Crippen molar-refractivity contribution >= 4 is 5.82 Å². The molecule has 0 fully saturated rings. The monoisotopic (exact) mass is 205 g/mol. The number of hydrogen-bond donors (Lipinski definition) is 1. The lowest BCUT2D eigenvalue weighted by atomic mass is 10.2. The van der Waals surface area contributed by atoms with E-state index >= 15 is 0 Å². The Morgan fingerprint density at radius 3 is 3.13 bits per heavy atom. The molecule has 0 atom stereocenters. The Labute approximate surface area is 87.7 Å². The highest BCUT2D eigenvalue weighted by molar-refractivity contribution is 5.45. The van der Waals surface area contributed by atoms with Gasteiger partial charge in [0.05, 0.1) is 0 Å². The van der Waals surface area contributed by atoms with Crippen LogP contribution in [0.25, 0.3) is 0 Å². The highest BCUT2D eigenvalue weighted by Gasteiger charge is 2.11. The second-order valence-corrected chi connectivity index (χ2v) is 2.79. The number of nitro groups is 1. The van der Waals surface area contributed by atoms with Gasteiger partial charge in [-0.05, 0) is 29.1 Å². The average Bonchev–Trinajstić information content (AvgIpc) is 2.25. The van der Waals surface area contributed by atoms with Crippen molar-refractivity contribution in [2.45, 2.75) is 6.42 Å². The van der Waals surface area contributed by atoms with Crippen LogP contribution in [-0.2, 0) is 0 Å². The van der Waals surface area contributed by atoms with E-state index in [4.69, 9.17) is 0 Å². The van der Waals surface area contributed by atoms with Crippen molar-refractivity contribution in [2.24, 2.45) is 0 Å². The minimum absolute atomic E-state index is 0.186. The Hall–Kier alpha value is -1.93. The smallest absolute Gasteiger partial charge is 0.358 e. The molecule has 78 valence electrons. The highest BCUT2D eigenvalue weighted by Crippen LogP contribution is 2.11. The van der Waals surface area contributed by atoms with Gasteiger partial charge in [-0.1, -0.05) is 11.8 Å². The molecule has 0 aliphatic rings. The quantitative estimate of drug-likeness (QED) is 0.345. The summed E-state index contributed by atoms with van der Waals surface area (Å²) in [4.78, 5) is 13.7. The molecule has 1 aromatic rings. The highest BCUT2D eigenvalue weighted by atomic mass is 16.6. The van der Waals surface area contributed by atoms with E-state index in [0.29, 0.717) is 12.0 Å². The minimum Gasteiger partial charge on any atom is -0.358 e. The fraction of sp³-hybridized carbons (Fsp3) is 0.300. The van der Waals surface area contributed by atoms with Gasteiger partial charge in [-0.3, -0.25) is 0 Å². The Bertz CT molecular complexity index is 407. The topological polar surface area (TPSA) is 68.1 Å². The van der Waals surface area contributed by atoms with E-state index < -0.39 is 4.92 Å². The van der Waals surface area contributed by atoms with Crippen molar-refractivity contribution in [3.05, 3.63) is 34.0 Å². The third-order valence-corrected chi connectivity index (χ3v) is 1.68. The van der Waals surface area contributed by atoms with Gasteiger partial charge in [-0.25, -0.2) is 0 Å². The summed E-state index contributed by atoms with van der Waals surface area (Å²) in [6.07, 6.45) is 2.04. The summed E-state index contributed by atoms with van der Waals surface area (Å²) in [5.41, 5.74) is 0.360. The summed E-state index contributed by atoms with van der Waals surface area (Å²) in [5, 5.41) is 13.5. The van der Waals surface area contributed by atoms with E-state index in [1.165, 1.54) is 6.20 Å². The van der Waals surface area contributed by atoms with E-state index in [1.54, 1.807) is 12.1 Å². The number of hydrogen-bond acceptors (Lipinski definition) is 4. The predicted octanol–water partition coefficient (Wildman–Crippen LogP) is 0.951. The number of nitrogens with one attached hydrogen (secondary N) is 1. The summed E-state index contributed by atoms with van der Waals surface area (Å²) in [5.74, 6) is 5.39. The molecule has 0 radical (unpaired) electrons. The van der Waals surface area contributed by atoms with Crippen molar-refractivity contribution < 1.29 is 4.92 Å². The van der Waals surface area contributed by atoms with Crippen LogP contribution in [0.5, 0.6) is 0 Å². The molecule has 0 bridgehead atoms. The van der Waals surface area contributed by atoms with Crippen molar-refractivity contribution in [2.75, 3.05) is 13.6 Å². The van der Waals surface area contributed by atoms with Crippen molar-refractivity contribution in [1.29, 1.82) is 0 Å². The zero-order chi connectivity index (χ0) is 11.1. The summed E-state index contributed by atoms with van der Waals surface area (Å²) in [6.45, 7) is 0.765. The molecular formula is C10H11N3O2. The fourth-order valence-electron chi connectivity index (χ4n) is 0.985. The van der Waals surface area contributed by atoms with Gasteiger partial charge >= 0.3 is 5.82 Å². The molecule has 0 aliphatic heterocycles. The van der Waals surface area contributed by atoms with Crippen LogP contribution in [0.15, 0.2) is 18.3 Å². The van der Waals surface area contributed by atoms with Crippen LogP contribution in [0.2, 0.25) is 0 Å². The minimum atomic E-state index is -0.526. The normalized spacial score (nSPS) is 9.13. The number of rotatable bonds is 3. The third-order valence-electron chi connectivity index (χ3n) is 1.68. The van der Waals surface area contributed by atoms with E-state index in [0.717, 1.165) is 6.54 Å². The van der Waals surface area contributed by atoms with Gasteiger partial charge in [0.15, 0.2) is 0 Å². The molecular weight excluding hydrogens is 194 g/mol. The maximum Gasteiger partial charge on any atom is 0.379 e. The van der Waals surface area contributed by atoms with E-state index in [1.807, 2.05) is 7.05 Å². The molecule has 0 aromatic carbocycles. The third kappa shape index (κ3) is 3.37. The lowest BCUT2D eigenvalue weighted by Crippen LogP contribution is -2.05. The second-order valence-electron chi connectivity index (χ2n) is 2.79. The number of nitrogens with zero attached hydrogens (tertiary/aromatic N) is 2. The molecule has 1 heterocycles. The molecule has 0 unspecified atom stereocenters. The molecule has 5 nitrogen and oxygen atoms in total. The SMILES string of the molecule is CNCCC#Cc1cccnc1[N+](=O)[O-]. The zero-order valence-electron chi connectivity index (χ0n) is 8.36. The van der Waals surface area contributed by atoms with Crippen molar-refractivity contribution in [3.63, 3.8) is 0 Å². The first-order chi connectivity index (χ1) is 7.25. The van der Waals surface area contributed by atoms with Crippen molar-refractivity contribution in [1.82, 2.24) is 10.3 Å². The van der Waals surface area contributed by atoms with Crippen LogP contribution < -0.4 is 5.32 Å². The maximum atomic E-state index is 10.6. The van der Waals surface area contributed by atoms with Crippen LogP contribution in [0.3, 0.4) is 0 Å². The van der Waals surface area contributed by atoms with Crippen molar-refractivity contribution in [3.8, 4) is 11.8 Å². The summed E-state index contributed by atoms with van der Waals surface area (Å²) in [7, 11) is 1.83. The van der Waals surface area contributed by atoms with E-state index in [-0.39, 0.29) is 5.82 Å². The lowest BCUT2D eigenvalue weighted by Gasteiger charge is -1.93. The Morgan fingerprint density at radius 2 is 2.47 bits per heavy atom. The molecule has 0 amide bonds. The largest absolute Gasteiger partial charge is 0.379 e. The molecule has 15 heavy (non-hydrogen) atoms. The number of pyridine rings is 1. The van der Waals surface area contributed by atoms with Gasteiger partial charge in [0.2, 0.25) is 0 Å². The van der Waals surface area contributed by atoms with Gasteiger partial charge < -0.3 is 15.4 Å². The molecule has 0 saturated carbocycles. The first-order valence-electron chi connectivity index (χ1n) is 4.48. The van der Waals surface area contributed by atoms with E-state index in [9.17, 15) is 10.1 Å². The van der Waals surface area contributed by atoms with Gasteiger partial charge in [0.25, 0.3) is 0 Å². The van der Waals surface area contributed by atoms with Gasteiger partial charge in [-0.2, -0.15) is 0 Å². The maximum absolute atomic E-state index is 10.6. The first kappa shape index (κ1) is 11.1. The van der Waals surface area contributed by atoms with Crippen LogP contribution in [0.4, 0.5) is 5.82 Å². The van der Waals surface area contributed by atoms with Crippen LogP contribution in [-0.4, -0.2) is 23.5 Å². The van der Waals surface area contributed by atoms with E-state index in [2.05, 4.69) is 22.1 Å². The summed E-state index contributed by atoms with van der Waals surface area (Å²) < 4.78 is 0. The van der Waals surface area contributed by atoms with Gasteiger partial charge in [0, 0.05) is 13.0 Å². The molecule has 1 rings (SSSR count).